The highest BCUT2D eigenvalue weighted by molar-refractivity contribution is 7.87. The minimum Gasteiger partial charge on any atom is -0.496 e. The second-order valence-corrected chi connectivity index (χ2v) is 9.73. The Bertz CT molecular complexity index is 1290. The zero-order valence-corrected chi connectivity index (χ0v) is 19.4. The molecular weight excluding hydrogens is 444 g/mol. The Kier molecular flexibility index (Phi) is 6.44. The number of nitrogens with two attached hydrogens (primary N) is 1. The quantitative estimate of drug-likeness (QED) is 0.417. The Morgan fingerprint density at radius 2 is 2.09 bits per heavy atom. The van der Waals surface area contributed by atoms with Crippen molar-refractivity contribution in [2.24, 2.45) is 5.14 Å². The molecule has 1 aromatic heterocycles. The van der Waals surface area contributed by atoms with Crippen LogP contribution in [0.4, 0.5) is 0 Å². The van der Waals surface area contributed by atoms with Crippen LogP contribution in [-0.4, -0.2) is 49.1 Å². The fraction of sp³-hybridized carbons (Fsp3) is 0.348. The van der Waals surface area contributed by atoms with Crippen molar-refractivity contribution in [2.75, 3.05) is 13.7 Å². The third-order valence-electron chi connectivity index (χ3n) is 6.29. The Morgan fingerprint density at radius 1 is 1.33 bits per heavy atom. The van der Waals surface area contributed by atoms with Gasteiger partial charge in [-0.1, -0.05) is 18.2 Å². The van der Waals surface area contributed by atoms with E-state index >= 15 is 0 Å². The summed E-state index contributed by atoms with van der Waals surface area (Å²) in [6.45, 7) is 3.08. The summed E-state index contributed by atoms with van der Waals surface area (Å²) >= 11 is 0. The molecule has 0 bridgehead atoms. The summed E-state index contributed by atoms with van der Waals surface area (Å²) in [5.41, 5.74) is 3.93. The molecular formula is C23H28N4O5S. The molecule has 0 aliphatic carbocycles. The van der Waals surface area contributed by atoms with Crippen LogP contribution in [0.15, 0.2) is 42.6 Å². The van der Waals surface area contributed by atoms with E-state index in [2.05, 4.69) is 14.6 Å². The number of carboxylic acids is 1. The molecule has 0 unspecified atom stereocenters. The molecule has 2 aromatic carbocycles. The number of aromatic amines is 1. The number of H-pyrrole nitrogens is 1. The normalized spacial score (nSPS) is 19.6. The molecule has 1 saturated heterocycles. The number of hydrogen-bond donors (Lipinski definition) is 4. The van der Waals surface area contributed by atoms with E-state index in [0.717, 1.165) is 27.8 Å². The number of ether oxygens (including phenoxy) is 1. The second kappa shape index (κ2) is 9.14. The number of benzene rings is 2. The van der Waals surface area contributed by atoms with Gasteiger partial charge in [-0.25, -0.2) is 9.93 Å². The molecule has 0 radical (unpaired) electrons. The highest BCUT2D eigenvalue weighted by atomic mass is 32.2. The van der Waals surface area contributed by atoms with Crippen LogP contribution >= 0.6 is 0 Å². The van der Waals surface area contributed by atoms with Crippen LogP contribution in [0, 0.1) is 6.92 Å². The lowest BCUT2D eigenvalue weighted by Gasteiger charge is -2.40. The summed E-state index contributed by atoms with van der Waals surface area (Å²) in [5, 5.41) is 16.0. The predicted molar refractivity (Wildman–Crippen MR) is 125 cm³/mol. The fourth-order valence-electron chi connectivity index (χ4n) is 4.83. The number of aromatic carboxylic acids is 1. The van der Waals surface area contributed by atoms with Crippen molar-refractivity contribution in [3.63, 3.8) is 0 Å². The van der Waals surface area contributed by atoms with E-state index in [1.807, 2.05) is 25.3 Å². The van der Waals surface area contributed by atoms with Gasteiger partial charge >= 0.3 is 5.97 Å². The topological polar surface area (TPSA) is 138 Å². The lowest BCUT2D eigenvalue weighted by atomic mass is 9.88. The van der Waals surface area contributed by atoms with Gasteiger partial charge in [-0.3, -0.25) is 4.90 Å². The molecule has 2 heterocycles. The standard InChI is InChI=1S/C23H28N4O5S/c1-14-11-21(32-2)19(17-7-9-25-22(14)17)13-27-10-8-15(26-33(24,30)31)12-20(27)16-5-3-4-6-18(16)23(28)29/h3-7,9,11,15,20,25-26H,8,10,12-13H2,1-2H3,(H,28,29)(H2,24,30,31)/t15-,20-/m0/s1. The van der Waals surface area contributed by atoms with Gasteiger partial charge in [-0.2, -0.15) is 13.1 Å². The first-order valence-electron chi connectivity index (χ1n) is 10.7. The van der Waals surface area contributed by atoms with E-state index in [1.165, 1.54) is 0 Å². The lowest BCUT2D eigenvalue weighted by Crippen LogP contribution is -2.47. The van der Waals surface area contributed by atoms with Crippen molar-refractivity contribution < 1.29 is 23.1 Å². The number of carbonyl (C=O) groups is 1. The van der Waals surface area contributed by atoms with Gasteiger partial charge in [0.25, 0.3) is 10.2 Å². The predicted octanol–water partition coefficient (Wildman–Crippen LogP) is 2.68. The molecule has 1 aliphatic heterocycles. The second-order valence-electron chi connectivity index (χ2n) is 8.40. The Balaban J connectivity index is 1.76. The number of fused-ring (bicyclic) bond motifs is 1. The summed E-state index contributed by atoms with van der Waals surface area (Å²) in [6, 6.07) is 10.1. The van der Waals surface area contributed by atoms with Crippen molar-refractivity contribution >= 4 is 27.1 Å². The SMILES string of the molecule is COc1cc(C)c2[nH]ccc2c1CN1CC[C@H](NS(N)(=O)=O)C[C@H]1c1ccccc1C(=O)O. The van der Waals surface area contributed by atoms with Gasteiger partial charge in [-0.05, 0) is 49.1 Å². The number of aromatic nitrogens is 1. The van der Waals surface area contributed by atoms with Crippen molar-refractivity contribution in [3.8, 4) is 5.75 Å². The van der Waals surface area contributed by atoms with Crippen LogP contribution in [0.5, 0.6) is 5.75 Å². The van der Waals surface area contributed by atoms with Gasteiger partial charge in [0.2, 0.25) is 0 Å². The van der Waals surface area contributed by atoms with E-state index in [4.69, 9.17) is 9.88 Å². The molecule has 0 saturated carbocycles. The summed E-state index contributed by atoms with van der Waals surface area (Å²) in [7, 11) is -2.24. The van der Waals surface area contributed by atoms with Gasteiger partial charge in [-0.15, -0.1) is 0 Å². The van der Waals surface area contributed by atoms with E-state index < -0.39 is 22.2 Å². The van der Waals surface area contributed by atoms with Crippen molar-refractivity contribution in [1.29, 1.82) is 0 Å². The monoisotopic (exact) mass is 472 g/mol. The van der Waals surface area contributed by atoms with Crippen molar-refractivity contribution in [3.05, 3.63) is 64.8 Å². The Labute approximate surface area is 192 Å². The Morgan fingerprint density at radius 3 is 2.79 bits per heavy atom. The maximum absolute atomic E-state index is 11.9. The number of rotatable bonds is 7. The molecule has 33 heavy (non-hydrogen) atoms. The zero-order valence-electron chi connectivity index (χ0n) is 18.5. The molecule has 176 valence electrons. The summed E-state index contributed by atoms with van der Waals surface area (Å²) in [6.07, 6.45) is 2.83. The van der Waals surface area contributed by atoms with Crippen LogP contribution < -0.4 is 14.6 Å². The summed E-state index contributed by atoms with van der Waals surface area (Å²) < 4.78 is 31.5. The maximum Gasteiger partial charge on any atom is 0.336 e. The van der Waals surface area contributed by atoms with Crippen LogP contribution in [0.1, 0.15) is 45.9 Å². The molecule has 1 aliphatic rings. The average Bonchev–Trinajstić information content (AvgIpc) is 3.26. The lowest BCUT2D eigenvalue weighted by molar-refractivity contribution is 0.0686. The number of aryl methyl sites for hydroxylation is 1. The van der Waals surface area contributed by atoms with Crippen LogP contribution in [-0.2, 0) is 16.8 Å². The van der Waals surface area contributed by atoms with Crippen molar-refractivity contribution in [1.82, 2.24) is 14.6 Å². The molecule has 4 rings (SSSR count). The van der Waals surface area contributed by atoms with Gasteiger partial charge < -0.3 is 14.8 Å². The minimum absolute atomic E-state index is 0.200. The molecule has 0 amide bonds. The first-order valence-corrected chi connectivity index (χ1v) is 12.2. The molecule has 5 N–H and O–H groups in total. The van der Waals surface area contributed by atoms with E-state index in [0.29, 0.717) is 31.5 Å². The molecule has 1 fully saturated rings. The highest BCUT2D eigenvalue weighted by Crippen LogP contribution is 2.38. The number of piperidine rings is 1. The van der Waals surface area contributed by atoms with Crippen molar-refractivity contribution in [2.45, 2.75) is 38.4 Å². The molecule has 0 spiro atoms. The number of nitrogens with one attached hydrogen (secondary N) is 2. The third kappa shape index (κ3) is 4.88. The fourth-order valence-corrected chi connectivity index (χ4v) is 5.51. The largest absolute Gasteiger partial charge is 0.496 e. The number of hydrogen-bond acceptors (Lipinski definition) is 5. The van der Waals surface area contributed by atoms with E-state index in [1.54, 1.807) is 31.4 Å². The third-order valence-corrected chi connectivity index (χ3v) is 6.95. The number of methoxy groups -OCH3 is 1. The first kappa shape index (κ1) is 23.2. The molecule has 3 aromatic rings. The number of carboxylic acid groups (broad SMARTS) is 1. The summed E-state index contributed by atoms with van der Waals surface area (Å²) in [4.78, 5) is 17.4. The Hall–Kier alpha value is -2.92. The zero-order chi connectivity index (χ0) is 23.8. The van der Waals surface area contributed by atoms with Gasteiger partial charge in [0, 0.05) is 47.8 Å². The number of likely N-dealkylation sites (tertiary alicyclic amines) is 1. The first-order chi connectivity index (χ1) is 15.7. The summed E-state index contributed by atoms with van der Waals surface area (Å²) in [5.74, 6) is -0.261. The average molecular weight is 473 g/mol. The smallest absolute Gasteiger partial charge is 0.336 e. The van der Waals surface area contributed by atoms with E-state index in [9.17, 15) is 18.3 Å². The number of nitrogens with zero attached hydrogens (tertiary/aromatic N) is 1. The highest BCUT2D eigenvalue weighted by Gasteiger charge is 2.34. The minimum atomic E-state index is -3.88. The van der Waals surface area contributed by atoms with Gasteiger partial charge in [0.15, 0.2) is 0 Å². The van der Waals surface area contributed by atoms with Crippen LogP contribution in [0.3, 0.4) is 0 Å². The molecule has 2 atom stereocenters. The van der Waals surface area contributed by atoms with Crippen LogP contribution in [0.25, 0.3) is 10.9 Å². The van der Waals surface area contributed by atoms with E-state index in [-0.39, 0.29) is 11.6 Å². The molecule has 10 heteroatoms. The van der Waals surface area contributed by atoms with Gasteiger partial charge in [0.1, 0.15) is 5.75 Å². The molecule has 9 nitrogen and oxygen atoms in total. The van der Waals surface area contributed by atoms with Crippen LogP contribution in [0.2, 0.25) is 0 Å². The van der Waals surface area contributed by atoms with Gasteiger partial charge in [0.05, 0.1) is 12.7 Å². The maximum atomic E-state index is 11.9.